The summed E-state index contributed by atoms with van der Waals surface area (Å²) in [5.41, 5.74) is 3.33. The first-order chi connectivity index (χ1) is 10.5. The molecule has 0 aliphatic carbocycles. The zero-order chi connectivity index (χ0) is 16.1. The molecule has 2 rings (SSSR count). The molecular formula is C19H20O3. The molecule has 3 heteroatoms. The van der Waals surface area contributed by atoms with Gasteiger partial charge in [-0.25, -0.2) is 0 Å². The normalized spacial score (nSPS) is 11.8. The van der Waals surface area contributed by atoms with Crippen LogP contribution in [0.5, 0.6) is 0 Å². The van der Waals surface area contributed by atoms with Crippen LogP contribution < -0.4 is 0 Å². The van der Waals surface area contributed by atoms with Crippen LogP contribution in [0.2, 0.25) is 0 Å². The van der Waals surface area contributed by atoms with Crippen molar-refractivity contribution >= 4 is 11.8 Å². The summed E-state index contributed by atoms with van der Waals surface area (Å²) in [6.07, 6.45) is 0. The van der Waals surface area contributed by atoms with Crippen LogP contribution in [0.25, 0.3) is 0 Å². The van der Waals surface area contributed by atoms with Gasteiger partial charge in [-0.05, 0) is 26.3 Å². The van der Waals surface area contributed by atoms with Crippen LogP contribution in [0.4, 0.5) is 0 Å². The van der Waals surface area contributed by atoms with Crippen molar-refractivity contribution in [2.24, 2.45) is 0 Å². The molecule has 0 heterocycles. The van der Waals surface area contributed by atoms with Crippen molar-refractivity contribution < 1.29 is 14.3 Å². The van der Waals surface area contributed by atoms with E-state index >= 15 is 0 Å². The van der Waals surface area contributed by atoms with Gasteiger partial charge in [0.1, 0.15) is 5.92 Å². The average Bonchev–Trinajstić information content (AvgIpc) is 2.50. The molecule has 0 aliphatic heterocycles. The fourth-order valence-corrected chi connectivity index (χ4v) is 2.26. The lowest BCUT2D eigenvalue weighted by Crippen LogP contribution is -2.24. The number of carbonyl (C=O) groups is 2. The average molecular weight is 296 g/mol. The molecule has 0 amide bonds. The highest BCUT2D eigenvalue weighted by Gasteiger charge is 2.30. The molecule has 0 N–H and O–H groups in total. The van der Waals surface area contributed by atoms with E-state index in [0.717, 1.165) is 11.1 Å². The van der Waals surface area contributed by atoms with Crippen LogP contribution in [0.1, 0.15) is 39.9 Å². The second kappa shape index (κ2) is 7.03. The van der Waals surface area contributed by atoms with E-state index in [1.807, 2.05) is 50.2 Å². The third-order valence-corrected chi connectivity index (χ3v) is 3.53. The Morgan fingerprint density at radius 1 is 0.909 bits per heavy atom. The maximum atomic E-state index is 12.8. The highest BCUT2D eigenvalue weighted by atomic mass is 16.5. The summed E-state index contributed by atoms with van der Waals surface area (Å²) in [7, 11) is 0. The largest absolute Gasteiger partial charge is 0.465 e. The summed E-state index contributed by atoms with van der Waals surface area (Å²) in [6.45, 7) is 5.91. The highest BCUT2D eigenvalue weighted by molar-refractivity contribution is 6.12. The Bertz CT molecular complexity index is 654. The van der Waals surface area contributed by atoms with Crippen molar-refractivity contribution in [3.63, 3.8) is 0 Å². The molecule has 0 aliphatic rings. The maximum Gasteiger partial charge on any atom is 0.321 e. The third kappa shape index (κ3) is 3.61. The van der Waals surface area contributed by atoms with E-state index in [1.54, 1.807) is 19.1 Å². The molecule has 0 spiro atoms. The Kier molecular flexibility index (Phi) is 5.10. The highest BCUT2D eigenvalue weighted by Crippen LogP contribution is 2.23. The number of ketones is 1. The van der Waals surface area contributed by atoms with Gasteiger partial charge in [-0.1, -0.05) is 59.7 Å². The van der Waals surface area contributed by atoms with Crippen LogP contribution in [-0.2, 0) is 9.53 Å². The number of rotatable bonds is 5. The van der Waals surface area contributed by atoms with E-state index in [9.17, 15) is 9.59 Å². The fraction of sp³-hybridized carbons (Fsp3) is 0.263. The standard InChI is InChI=1S/C19H20O3/c1-4-22-19(21)17(15-9-5-13(2)6-10-15)18(20)16-11-7-14(3)8-12-16/h5-12,17H,4H2,1-3H3. The number of esters is 1. The molecule has 0 aromatic heterocycles. The Hall–Kier alpha value is -2.42. The first-order valence-electron chi connectivity index (χ1n) is 7.37. The quantitative estimate of drug-likeness (QED) is 0.478. The van der Waals surface area contributed by atoms with Gasteiger partial charge in [-0.3, -0.25) is 9.59 Å². The Labute approximate surface area is 130 Å². The van der Waals surface area contributed by atoms with Crippen LogP contribution >= 0.6 is 0 Å². The molecule has 3 nitrogen and oxygen atoms in total. The summed E-state index contributed by atoms with van der Waals surface area (Å²) < 4.78 is 5.10. The molecule has 1 unspecified atom stereocenters. The SMILES string of the molecule is CCOC(=O)C(C(=O)c1ccc(C)cc1)c1ccc(C)cc1. The molecular weight excluding hydrogens is 276 g/mol. The number of hydrogen-bond acceptors (Lipinski definition) is 3. The zero-order valence-electron chi connectivity index (χ0n) is 13.1. The molecule has 0 saturated heterocycles. The van der Waals surface area contributed by atoms with Crippen LogP contribution in [0.3, 0.4) is 0 Å². The number of hydrogen-bond donors (Lipinski definition) is 0. The van der Waals surface area contributed by atoms with E-state index < -0.39 is 11.9 Å². The van der Waals surface area contributed by atoms with Gasteiger partial charge in [0, 0.05) is 5.56 Å². The van der Waals surface area contributed by atoms with Gasteiger partial charge >= 0.3 is 5.97 Å². The van der Waals surface area contributed by atoms with Crippen LogP contribution in [-0.4, -0.2) is 18.4 Å². The number of carbonyl (C=O) groups excluding carboxylic acids is 2. The number of ether oxygens (including phenoxy) is 1. The molecule has 0 radical (unpaired) electrons. The van der Waals surface area contributed by atoms with Crippen molar-refractivity contribution in [1.82, 2.24) is 0 Å². The van der Waals surface area contributed by atoms with E-state index in [2.05, 4.69) is 0 Å². The Morgan fingerprint density at radius 2 is 1.41 bits per heavy atom. The first kappa shape index (κ1) is 16.0. The molecule has 2 aromatic rings. The maximum absolute atomic E-state index is 12.8. The summed E-state index contributed by atoms with van der Waals surface area (Å²) in [6, 6.07) is 14.6. The van der Waals surface area contributed by atoms with Crippen LogP contribution in [0.15, 0.2) is 48.5 Å². The van der Waals surface area contributed by atoms with Crippen molar-refractivity contribution in [1.29, 1.82) is 0 Å². The van der Waals surface area contributed by atoms with E-state index in [1.165, 1.54) is 0 Å². The van der Waals surface area contributed by atoms with Gasteiger partial charge in [-0.2, -0.15) is 0 Å². The van der Waals surface area contributed by atoms with Crippen molar-refractivity contribution in [3.8, 4) is 0 Å². The molecule has 0 saturated carbocycles. The van der Waals surface area contributed by atoms with E-state index in [4.69, 9.17) is 4.74 Å². The minimum absolute atomic E-state index is 0.234. The van der Waals surface area contributed by atoms with Crippen molar-refractivity contribution in [3.05, 3.63) is 70.8 Å². The van der Waals surface area contributed by atoms with Gasteiger partial charge < -0.3 is 4.74 Å². The predicted molar refractivity (Wildman–Crippen MR) is 86.1 cm³/mol. The monoisotopic (exact) mass is 296 g/mol. The molecule has 0 bridgehead atoms. The Morgan fingerprint density at radius 3 is 1.91 bits per heavy atom. The summed E-state index contributed by atoms with van der Waals surface area (Å²) in [5.74, 6) is -1.65. The van der Waals surface area contributed by atoms with E-state index in [0.29, 0.717) is 11.1 Å². The minimum Gasteiger partial charge on any atom is -0.465 e. The lowest BCUT2D eigenvalue weighted by atomic mass is 9.90. The summed E-state index contributed by atoms with van der Waals surface area (Å²) >= 11 is 0. The minimum atomic E-state index is -0.914. The van der Waals surface area contributed by atoms with Gasteiger partial charge in [0.05, 0.1) is 6.61 Å². The predicted octanol–water partition coefficient (Wildman–Crippen LogP) is 3.83. The summed E-state index contributed by atoms with van der Waals surface area (Å²) in [4.78, 5) is 25.0. The second-order valence-corrected chi connectivity index (χ2v) is 5.33. The lowest BCUT2D eigenvalue weighted by Gasteiger charge is -2.15. The number of Topliss-reactive ketones (excluding diaryl/α,β-unsaturated/α-hetero) is 1. The topological polar surface area (TPSA) is 43.4 Å². The zero-order valence-corrected chi connectivity index (χ0v) is 13.1. The first-order valence-corrected chi connectivity index (χ1v) is 7.37. The lowest BCUT2D eigenvalue weighted by molar-refractivity contribution is -0.143. The van der Waals surface area contributed by atoms with Gasteiger partial charge in [-0.15, -0.1) is 0 Å². The second-order valence-electron chi connectivity index (χ2n) is 5.33. The summed E-state index contributed by atoms with van der Waals surface area (Å²) in [5, 5.41) is 0. The molecule has 0 fully saturated rings. The number of aryl methyl sites for hydroxylation is 2. The van der Waals surface area contributed by atoms with E-state index in [-0.39, 0.29) is 12.4 Å². The van der Waals surface area contributed by atoms with Crippen LogP contribution in [0, 0.1) is 13.8 Å². The van der Waals surface area contributed by atoms with Crippen molar-refractivity contribution in [2.45, 2.75) is 26.7 Å². The Balaban J connectivity index is 2.39. The molecule has 2 aromatic carbocycles. The molecule has 22 heavy (non-hydrogen) atoms. The smallest absolute Gasteiger partial charge is 0.321 e. The molecule has 1 atom stereocenters. The van der Waals surface area contributed by atoms with Gasteiger partial charge in [0.2, 0.25) is 0 Å². The van der Waals surface area contributed by atoms with Gasteiger partial charge in [0.15, 0.2) is 5.78 Å². The fourth-order valence-electron chi connectivity index (χ4n) is 2.26. The van der Waals surface area contributed by atoms with Gasteiger partial charge in [0.25, 0.3) is 0 Å². The van der Waals surface area contributed by atoms with Crippen molar-refractivity contribution in [2.75, 3.05) is 6.61 Å². The molecule has 114 valence electrons. The number of benzene rings is 2. The third-order valence-electron chi connectivity index (χ3n) is 3.53.